The third kappa shape index (κ3) is 2.40. The lowest BCUT2D eigenvalue weighted by atomic mass is 10.1. The van der Waals surface area contributed by atoms with E-state index in [-0.39, 0.29) is 10.0 Å². The average Bonchev–Trinajstić information content (AvgIpc) is 2.16. The van der Waals surface area contributed by atoms with Crippen molar-refractivity contribution in [2.24, 2.45) is 5.14 Å². The van der Waals surface area contributed by atoms with Crippen molar-refractivity contribution in [3.63, 3.8) is 0 Å². The zero-order valence-electron chi connectivity index (χ0n) is 9.19. The Morgan fingerprint density at radius 3 is 2.44 bits per heavy atom. The lowest BCUT2D eigenvalue weighted by Gasteiger charge is -2.31. The standard InChI is InChI=1S/C10H10BrFN2O3S/c11-9-7(10(15)14-2-1-3-14)4-6(12)5-8(9)18(13,16)17/h4-5H,1-3H2,(H2,13,16,17). The van der Waals surface area contributed by atoms with Crippen LogP contribution in [0.25, 0.3) is 0 Å². The van der Waals surface area contributed by atoms with E-state index in [1.165, 1.54) is 4.90 Å². The second-order valence-corrected chi connectivity index (χ2v) is 6.28. The third-order valence-corrected chi connectivity index (χ3v) is 4.74. The second kappa shape index (κ2) is 4.60. The fourth-order valence-electron chi connectivity index (χ4n) is 1.62. The molecule has 0 radical (unpaired) electrons. The summed E-state index contributed by atoms with van der Waals surface area (Å²) in [7, 11) is -4.08. The Kier molecular flexibility index (Phi) is 3.43. The van der Waals surface area contributed by atoms with Gasteiger partial charge in [0.2, 0.25) is 10.0 Å². The van der Waals surface area contributed by atoms with Crippen LogP contribution in [-0.4, -0.2) is 32.3 Å². The first-order valence-corrected chi connectivity index (χ1v) is 7.46. The molecular formula is C10H10BrFN2O3S. The van der Waals surface area contributed by atoms with Crippen molar-refractivity contribution in [2.45, 2.75) is 11.3 Å². The highest BCUT2D eigenvalue weighted by molar-refractivity contribution is 9.10. The maximum absolute atomic E-state index is 13.4. The number of benzene rings is 1. The zero-order chi connectivity index (χ0) is 13.5. The third-order valence-electron chi connectivity index (χ3n) is 2.68. The van der Waals surface area contributed by atoms with Gasteiger partial charge in [-0.1, -0.05) is 0 Å². The van der Waals surface area contributed by atoms with Crippen LogP contribution in [0.3, 0.4) is 0 Å². The van der Waals surface area contributed by atoms with Crippen molar-refractivity contribution < 1.29 is 17.6 Å². The number of carbonyl (C=O) groups is 1. The van der Waals surface area contributed by atoms with Crippen LogP contribution in [-0.2, 0) is 10.0 Å². The molecule has 1 aromatic rings. The van der Waals surface area contributed by atoms with Crippen LogP contribution in [0, 0.1) is 5.82 Å². The van der Waals surface area contributed by atoms with Gasteiger partial charge in [0.05, 0.1) is 14.9 Å². The van der Waals surface area contributed by atoms with E-state index in [9.17, 15) is 17.6 Å². The van der Waals surface area contributed by atoms with Crippen molar-refractivity contribution >= 4 is 31.9 Å². The lowest BCUT2D eigenvalue weighted by Crippen LogP contribution is -2.42. The van der Waals surface area contributed by atoms with Gasteiger partial charge in [-0.2, -0.15) is 0 Å². The summed E-state index contributed by atoms with van der Waals surface area (Å²) in [6.45, 7) is 1.18. The van der Waals surface area contributed by atoms with Gasteiger partial charge in [-0.05, 0) is 34.5 Å². The monoisotopic (exact) mass is 336 g/mol. The molecule has 1 heterocycles. The van der Waals surface area contributed by atoms with Gasteiger partial charge >= 0.3 is 0 Å². The van der Waals surface area contributed by atoms with Crippen LogP contribution in [0.1, 0.15) is 16.8 Å². The quantitative estimate of drug-likeness (QED) is 0.877. The van der Waals surface area contributed by atoms with Crippen molar-refractivity contribution in [2.75, 3.05) is 13.1 Å². The van der Waals surface area contributed by atoms with Crippen LogP contribution in [0.2, 0.25) is 0 Å². The Hall–Kier alpha value is -0.990. The SMILES string of the molecule is NS(=O)(=O)c1cc(F)cc(C(=O)N2CCC2)c1Br. The Morgan fingerprint density at radius 1 is 1.39 bits per heavy atom. The fourth-order valence-corrected chi connectivity index (χ4v) is 3.33. The molecule has 1 fully saturated rings. The van der Waals surface area contributed by atoms with Gasteiger partial charge in [-0.15, -0.1) is 0 Å². The van der Waals surface area contributed by atoms with E-state index in [0.29, 0.717) is 13.1 Å². The van der Waals surface area contributed by atoms with Gasteiger partial charge in [-0.25, -0.2) is 17.9 Å². The maximum Gasteiger partial charge on any atom is 0.255 e. The number of likely N-dealkylation sites (tertiary alicyclic amines) is 1. The summed E-state index contributed by atoms with van der Waals surface area (Å²) < 4.78 is 36.0. The predicted octanol–water partition coefficient (Wildman–Crippen LogP) is 1.08. The van der Waals surface area contributed by atoms with E-state index in [1.807, 2.05) is 0 Å². The molecule has 8 heteroatoms. The molecule has 1 saturated heterocycles. The van der Waals surface area contributed by atoms with Crippen LogP contribution < -0.4 is 5.14 Å². The van der Waals surface area contributed by atoms with Crippen LogP contribution in [0.15, 0.2) is 21.5 Å². The van der Waals surface area contributed by atoms with Gasteiger partial charge in [0.1, 0.15) is 5.82 Å². The number of carbonyl (C=O) groups excluding carboxylic acids is 1. The molecule has 0 atom stereocenters. The lowest BCUT2D eigenvalue weighted by molar-refractivity contribution is 0.0650. The topological polar surface area (TPSA) is 80.5 Å². The molecule has 0 aliphatic carbocycles. The van der Waals surface area contributed by atoms with Gasteiger partial charge in [0.25, 0.3) is 5.91 Å². The molecule has 18 heavy (non-hydrogen) atoms. The van der Waals surface area contributed by atoms with E-state index >= 15 is 0 Å². The first-order chi connectivity index (χ1) is 8.30. The molecule has 1 aliphatic rings. The number of hydrogen-bond donors (Lipinski definition) is 1. The van der Waals surface area contributed by atoms with E-state index in [0.717, 1.165) is 18.6 Å². The van der Waals surface area contributed by atoms with Gasteiger partial charge in [-0.3, -0.25) is 4.79 Å². The minimum absolute atomic E-state index is 0.00306. The molecule has 1 aromatic carbocycles. The van der Waals surface area contributed by atoms with E-state index in [1.54, 1.807) is 0 Å². The number of rotatable bonds is 2. The average molecular weight is 337 g/mol. The predicted molar refractivity (Wildman–Crippen MR) is 66.0 cm³/mol. The normalized spacial score (nSPS) is 15.4. The molecule has 2 N–H and O–H groups in total. The number of amides is 1. The van der Waals surface area contributed by atoms with E-state index in [2.05, 4.69) is 15.9 Å². The smallest absolute Gasteiger partial charge is 0.255 e. The molecule has 0 saturated carbocycles. The maximum atomic E-state index is 13.4. The molecular weight excluding hydrogens is 327 g/mol. The second-order valence-electron chi connectivity index (χ2n) is 3.96. The number of hydrogen-bond acceptors (Lipinski definition) is 3. The summed E-state index contributed by atoms with van der Waals surface area (Å²) in [5, 5.41) is 4.97. The molecule has 0 spiro atoms. The van der Waals surface area contributed by atoms with Crippen LogP contribution in [0.4, 0.5) is 4.39 Å². The highest BCUT2D eigenvalue weighted by atomic mass is 79.9. The van der Waals surface area contributed by atoms with Crippen molar-refractivity contribution in [3.05, 3.63) is 28.0 Å². The highest BCUT2D eigenvalue weighted by Crippen LogP contribution is 2.28. The highest BCUT2D eigenvalue weighted by Gasteiger charge is 2.27. The minimum Gasteiger partial charge on any atom is -0.338 e. The molecule has 0 aromatic heterocycles. The summed E-state index contributed by atoms with van der Waals surface area (Å²) in [4.78, 5) is 13.1. The summed E-state index contributed by atoms with van der Waals surface area (Å²) in [6.07, 6.45) is 0.890. The Labute approximate surface area is 112 Å². The van der Waals surface area contributed by atoms with Crippen LogP contribution >= 0.6 is 15.9 Å². The number of nitrogens with two attached hydrogens (primary N) is 1. The number of sulfonamides is 1. The summed E-state index contributed by atoms with van der Waals surface area (Å²) in [5.41, 5.74) is -0.0290. The van der Waals surface area contributed by atoms with E-state index < -0.39 is 26.6 Å². The molecule has 1 aliphatic heterocycles. The first kappa shape index (κ1) is 13.4. The van der Waals surface area contributed by atoms with Crippen molar-refractivity contribution in [1.29, 1.82) is 0 Å². The van der Waals surface area contributed by atoms with Gasteiger partial charge in [0.15, 0.2) is 0 Å². The van der Waals surface area contributed by atoms with Gasteiger partial charge in [0, 0.05) is 13.1 Å². The molecule has 0 unspecified atom stereocenters. The molecule has 1 amide bonds. The molecule has 5 nitrogen and oxygen atoms in total. The molecule has 0 bridgehead atoms. The van der Waals surface area contributed by atoms with Gasteiger partial charge < -0.3 is 4.90 Å². The summed E-state index contributed by atoms with van der Waals surface area (Å²) in [5.74, 6) is -1.22. The van der Waals surface area contributed by atoms with E-state index in [4.69, 9.17) is 5.14 Å². The van der Waals surface area contributed by atoms with Crippen molar-refractivity contribution in [1.82, 2.24) is 4.90 Å². The Bertz CT molecular complexity index is 614. The fraction of sp³-hybridized carbons (Fsp3) is 0.300. The van der Waals surface area contributed by atoms with Crippen molar-refractivity contribution in [3.8, 4) is 0 Å². The number of primary sulfonamides is 1. The zero-order valence-corrected chi connectivity index (χ0v) is 11.6. The molecule has 2 rings (SSSR count). The Balaban J connectivity index is 2.54. The summed E-state index contributed by atoms with van der Waals surface area (Å²) in [6, 6.07) is 1.78. The largest absolute Gasteiger partial charge is 0.338 e. The molecule has 98 valence electrons. The summed E-state index contributed by atoms with van der Waals surface area (Å²) >= 11 is 3.00. The number of nitrogens with zero attached hydrogens (tertiary/aromatic N) is 1. The number of halogens is 2. The minimum atomic E-state index is -4.08. The first-order valence-electron chi connectivity index (χ1n) is 5.12. The Morgan fingerprint density at radius 2 is 2.00 bits per heavy atom. The van der Waals surface area contributed by atoms with Crippen LogP contribution in [0.5, 0.6) is 0 Å².